The van der Waals surface area contributed by atoms with Gasteiger partial charge in [-0.1, -0.05) is 48.0 Å². The summed E-state index contributed by atoms with van der Waals surface area (Å²) in [5.74, 6) is 0. The van der Waals surface area contributed by atoms with Crippen LogP contribution in [0.2, 0.25) is 0 Å². The van der Waals surface area contributed by atoms with Crippen molar-refractivity contribution in [2.45, 2.75) is 35.9 Å². The van der Waals surface area contributed by atoms with Crippen molar-refractivity contribution >= 4 is 10.1 Å². The molecule has 0 spiro atoms. The Labute approximate surface area is 163 Å². The fourth-order valence-electron chi connectivity index (χ4n) is 3.43. The van der Waals surface area contributed by atoms with Gasteiger partial charge in [-0.3, -0.25) is 4.18 Å². The first kappa shape index (κ1) is 19.5. The van der Waals surface area contributed by atoms with E-state index in [9.17, 15) is 13.5 Å². The first-order chi connectivity index (χ1) is 13.4. The summed E-state index contributed by atoms with van der Waals surface area (Å²) < 4.78 is 47.8. The number of benzene rings is 2. The number of hydrogen-bond donors (Lipinski definition) is 1. The largest absolute Gasteiger partial charge is 0.393 e. The molecule has 4 atom stereocenters. The normalized spacial score (nSPS) is 29.7. The highest BCUT2D eigenvalue weighted by Gasteiger charge is 2.57. The second kappa shape index (κ2) is 7.55. The lowest BCUT2D eigenvalue weighted by Crippen LogP contribution is -2.50. The van der Waals surface area contributed by atoms with Gasteiger partial charge >= 0.3 is 0 Å². The Balaban J connectivity index is 1.49. The molecule has 8 heteroatoms. The van der Waals surface area contributed by atoms with Crippen molar-refractivity contribution in [3.05, 3.63) is 65.7 Å². The van der Waals surface area contributed by atoms with Gasteiger partial charge in [-0.2, -0.15) is 8.42 Å². The number of rotatable bonds is 6. The van der Waals surface area contributed by atoms with Gasteiger partial charge in [0.2, 0.25) is 0 Å². The minimum absolute atomic E-state index is 0.0477. The summed E-state index contributed by atoms with van der Waals surface area (Å²) in [6, 6.07) is 15.8. The van der Waals surface area contributed by atoms with Crippen molar-refractivity contribution in [3.63, 3.8) is 0 Å². The van der Waals surface area contributed by atoms with Gasteiger partial charge in [0.1, 0.15) is 24.4 Å². The molecular formula is C20H22O7S. The molecule has 0 amide bonds. The van der Waals surface area contributed by atoms with E-state index in [0.717, 1.165) is 11.1 Å². The van der Waals surface area contributed by atoms with Crippen LogP contribution in [0.1, 0.15) is 17.4 Å². The van der Waals surface area contributed by atoms with Crippen molar-refractivity contribution in [1.82, 2.24) is 0 Å². The van der Waals surface area contributed by atoms with E-state index in [1.807, 2.05) is 37.3 Å². The maximum Gasteiger partial charge on any atom is 0.297 e. The quantitative estimate of drug-likeness (QED) is 0.733. The van der Waals surface area contributed by atoms with Crippen molar-refractivity contribution in [2.24, 2.45) is 0 Å². The fraction of sp³-hybridized carbons (Fsp3) is 0.400. The molecule has 4 unspecified atom stereocenters. The van der Waals surface area contributed by atoms with Crippen LogP contribution in [-0.2, 0) is 28.5 Å². The Morgan fingerprint density at radius 1 is 1.11 bits per heavy atom. The zero-order chi connectivity index (χ0) is 19.8. The van der Waals surface area contributed by atoms with Crippen molar-refractivity contribution < 1.29 is 31.9 Å². The number of ether oxygens (including phenoxy) is 3. The molecule has 0 aromatic heterocycles. The Bertz CT molecular complexity index is 913. The molecular weight excluding hydrogens is 384 g/mol. The Hall–Kier alpha value is -1.81. The summed E-state index contributed by atoms with van der Waals surface area (Å²) in [5, 5.41) is 9.99. The fourth-order valence-corrected chi connectivity index (χ4v) is 4.39. The van der Waals surface area contributed by atoms with E-state index in [2.05, 4.69) is 0 Å². The van der Waals surface area contributed by atoms with Gasteiger partial charge in [-0.25, -0.2) is 0 Å². The molecule has 2 fully saturated rings. The third-order valence-electron chi connectivity index (χ3n) is 5.07. The number of hydrogen-bond acceptors (Lipinski definition) is 7. The van der Waals surface area contributed by atoms with Gasteiger partial charge < -0.3 is 19.3 Å². The second-order valence-electron chi connectivity index (χ2n) is 7.04. The van der Waals surface area contributed by atoms with Gasteiger partial charge in [0.15, 0.2) is 6.29 Å². The third-order valence-corrected chi connectivity index (χ3v) is 6.34. The van der Waals surface area contributed by atoms with Crippen LogP contribution in [0.3, 0.4) is 0 Å². The van der Waals surface area contributed by atoms with Gasteiger partial charge in [-0.05, 0) is 19.1 Å². The lowest BCUT2D eigenvalue weighted by atomic mass is 9.98. The van der Waals surface area contributed by atoms with E-state index in [1.165, 1.54) is 12.1 Å². The van der Waals surface area contributed by atoms with Crippen molar-refractivity contribution in [1.29, 1.82) is 0 Å². The lowest BCUT2D eigenvalue weighted by molar-refractivity contribution is -0.168. The predicted octanol–water partition coefficient (Wildman–Crippen LogP) is 1.94. The number of aryl methyl sites for hydroxylation is 1. The molecule has 150 valence electrons. The highest BCUT2D eigenvalue weighted by Crippen LogP contribution is 2.42. The minimum Gasteiger partial charge on any atom is -0.393 e. The average molecular weight is 406 g/mol. The number of fused-ring (bicyclic) bond motifs is 1. The van der Waals surface area contributed by atoms with Crippen molar-refractivity contribution in [3.8, 4) is 0 Å². The molecule has 0 radical (unpaired) electrons. The van der Waals surface area contributed by atoms with Crippen LogP contribution in [0.5, 0.6) is 0 Å². The summed E-state index contributed by atoms with van der Waals surface area (Å²) in [6.07, 6.45) is -1.65. The highest BCUT2D eigenvalue weighted by molar-refractivity contribution is 7.86. The van der Waals surface area contributed by atoms with E-state index < -0.39 is 40.8 Å². The Morgan fingerprint density at radius 2 is 1.82 bits per heavy atom. The molecule has 2 aromatic carbocycles. The van der Waals surface area contributed by atoms with E-state index in [-0.39, 0.29) is 18.1 Å². The molecule has 2 heterocycles. The summed E-state index contributed by atoms with van der Waals surface area (Å²) >= 11 is 0. The Kier molecular flexibility index (Phi) is 5.26. The predicted molar refractivity (Wildman–Crippen MR) is 99.0 cm³/mol. The first-order valence-electron chi connectivity index (χ1n) is 9.00. The van der Waals surface area contributed by atoms with Crippen LogP contribution in [0.25, 0.3) is 0 Å². The molecule has 2 aliphatic heterocycles. The van der Waals surface area contributed by atoms with Gasteiger partial charge in [0, 0.05) is 5.56 Å². The smallest absolute Gasteiger partial charge is 0.297 e. The van der Waals surface area contributed by atoms with Crippen LogP contribution in [-0.4, -0.2) is 51.2 Å². The topological polar surface area (TPSA) is 91.3 Å². The van der Waals surface area contributed by atoms with E-state index >= 15 is 0 Å². The molecule has 1 N–H and O–H groups in total. The Morgan fingerprint density at radius 3 is 2.50 bits per heavy atom. The lowest BCUT2D eigenvalue weighted by Gasteiger charge is -2.30. The standard InChI is InChI=1S/C20H22O7S/c1-14-7-9-16(10-8-14)28(22,23)25-13-20(12-21)18-17(11-24-20)26-19(27-18)15-5-3-2-4-6-15/h2-10,17-19,21H,11-13H2,1H3. The summed E-state index contributed by atoms with van der Waals surface area (Å²) in [6.45, 7) is 1.22. The molecule has 0 bridgehead atoms. The van der Waals surface area contributed by atoms with Crippen LogP contribution in [0, 0.1) is 6.92 Å². The summed E-state index contributed by atoms with van der Waals surface area (Å²) in [5.41, 5.74) is 0.472. The van der Waals surface area contributed by atoms with Gasteiger partial charge in [0.05, 0.1) is 18.1 Å². The SMILES string of the molecule is Cc1ccc(S(=O)(=O)OCC2(CO)OCC3OC(c4ccccc4)OC32)cc1. The maximum absolute atomic E-state index is 12.5. The minimum atomic E-state index is -3.99. The average Bonchev–Trinajstić information content (AvgIpc) is 3.28. The molecule has 2 saturated heterocycles. The zero-order valence-corrected chi connectivity index (χ0v) is 16.2. The van der Waals surface area contributed by atoms with Gasteiger partial charge in [-0.15, -0.1) is 0 Å². The van der Waals surface area contributed by atoms with Crippen LogP contribution < -0.4 is 0 Å². The van der Waals surface area contributed by atoms with E-state index in [1.54, 1.807) is 12.1 Å². The number of aliphatic hydroxyl groups is 1. The maximum atomic E-state index is 12.5. The van der Waals surface area contributed by atoms with Crippen LogP contribution in [0.4, 0.5) is 0 Å². The summed E-state index contributed by atoms with van der Waals surface area (Å²) in [7, 11) is -3.99. The highest BCUT2D eigenvalue weighted by atomic mass is 32.2. The van der Waals surface area contributed by atoms with E-state index in [4.69, 9.17) is 18.4 Å². The van der Waals surface area contributed by atoms with Crippen LogP contribution in [0.15, 0.2) is 59.5 Å². The molecule has 0 saturated carbocycles. The second-order valence-corrected chi connectivity index (χ2v) is 8.65. The first-order valence-corrected chi connectivity index (χ1v) is 10.4. The van der Waals surface area contributed by atoms with Gasteiger partial charge in [0.25, 0.3) is 10.1 Å². The molecule has 7 nitrogen and oxygen atoms in total. The van der Waals surface area contributed by atoms with E-state index in [0.29, 0.717) is 0 Å². The third kappa shape index (κ3) is 3.59. The molecule has 2 aliphatic rings. The molecule has 2 aromatic rings. The van der Waals surface area contributed by atoms with Crippen molar-refractivity contribution in [2.75, 3.05) is 19.8 Å². The molecule has 28 heavy (non-hydrogen) atoms. The monoisotopic (exact) mass is 406 g/mol. The zero-order valence-electron chi connectivity index (χ0n) is 15.4. The molecule has 0 aliphatic carbocycles. The summed E-state index contributed by atoms with van der Waals surface area (Å²) in [4.78, 5) is 0.0477. The number of aliphatic hydroxyl groups excluding tert-OH is 1. The molecule has 4 rings (SSSR count). The van der Waals surface area contributed by atoms with Crippen LogP contribution >= 0.6 is 0 Å².